The van der Waals surface area contributed by atoms with E-state index in [2.05, 4.69) is 265 Å². The third kappa shape index (κ3) is 11.5. The Balaban J connectivity index is 0.000000463. The molecule has 18 aromatic rings. The summed E-state index contributed by atoms with van der Waals surface area (Å²) in [6.07, 6.45) is 2.99. The van der Waals surface area contributed by atoms with Crippen LogP contribution in [0.25, 0.3) is 121 Å². The molecule has 0 unspecified atom stereocenters. The van der Waals surface area contributed by atoms with Crippen molar-refractivity contribution in [2.75, 3.05) is 0 Å². The molecule has 100 heavy (non-hydrogen) atoms. The van der Waals surface area contributed by atoms with Gasteiger partial charge in [-0.25, -0.2) is 9.78 Å². The summed E-state index contributed by atoms with van der Waals surface area (Å²) in [4.78, 5) is 20.4. The summed E-state index contributed by atoms with van der Waals surface area (Å²) in [6, 6.07) is 101. The predicted molar refractivity (Wildman–Crippen MR) is 389 cm³/mol. The van der Waals surface area contributed by atoms with Gasteiger partial charge in [-0.1, -0.05) is 169 Å². The summed E-state index contributed by atoms with van der Waals surface area (Å²) in [6.45, 7) is 0.420. The first-order valence-corrected chi connectivity index (χ1v) is 32.5. The van der Waals surface area contributed by atoms with Crippen LogP contribution in [0, 0.1) is 17.7 Å². The minimum Gasteiger partial charge on any atom is -0.489 e. The van der Waals surface area contributed by atoms with Crippen molar-refractivity contribution in [2.45, 2.75) is 19.8 Å². The molecular formula is C86H57F2IrN6O5-. The minimum atomic E-state index is -1.18. The average Bonchev–Trinajstić information content (AvgIpc) is 1.59. The van der Waals surface area contributed by atoms with E-state index in [1.54, 1.807) is 36.5 Å². The van der Waals surface area contributed by atoms with Gasteiger partial charge in [0.05, 0.1) is 44.1 Å². The van der Waals surface area contributed by atoms with Crippen LogP contribution in [0.2, 0.25) is 0 Å². The number of ether oxygens (including phenoxy) is 3. The van der Waals surface area contributed by atoms with Gasteiger partial charge in [0.1, 0.15) is 31.3 Å². The van der Waals surface area contributed by atoms with Crippen LogP contribution in [0.15, 0.2) is 304 Å². The predicted octanol–water partition coefficient (Wildman–Crippen LogP) is 20.7. The van der Waals surface area contributed by atoms with Crippen LogP contribution in [-0.2, 0) is 39.9 Å². The van der Waals surface area contributed by atoms with Gasteiger partial charge in [-0.3, -0.25) is 8.78 Å². The monoisotopic (exact) mass is 1480 g/mol. The topological polar surface area (TPSA) is 110 Å². The number of halogens is 2. The van der Waals surface area contributed by atoms with Crippen molar-refractivity contribution in [3.63, 3.8) is 0 Å². The van der Waals surface area contributed by atoms with Crippen LogP contribution in [0.1, 0.15) is 27.2 Å². The molecule has 1 radical (unpaired) electrons. The Morgan fingerprint density at radius 3 is 1.04 bits per heavy atom. The first-order valence-electron chi connectivity index (χ1n) is 32.5. The summed E-state index contributed by atoms with van der Waals surface area (Å²) in [5.74, 6) is -1.21. The smallest absolute Gasteiger partial charge is 0.358 e. The number of fused-ring (bicyclic) bond motifs is 12. The molecule has 6 heterocycles. The fourth-order valence-corrected chi connectivity index (χ4v) is 14.0. The van der Waals surface area contributed by atoms with E-state index in [0.717, 1.165) is 90.1 Å². The van der Waals surface area contributed by atoms with Gasteiger partial charge in [0.2, 0.25) is 0 Å². The zero-order chi connectivity index (χ0) is 66.5. The molecule has 0 atom stereocenters. The van der Waals surface area contributed by atoms with E-state index in [-0.39, 0.29) is 56.9 Å². The summed E-state index contributed by atoms with van der Waals surface area (Å²) in [5.41, 5.74) is 15.9. The van der Waals surface area contributed by atoms with Gasteiger partial charge in [0.25, 0.3) is 0 Å². The van der Waals surface area contributed by atoms with Crippen LogP contribution in [0.5, 0.6) is 17.2 Å². The van der Waals surface area contributed by atoms with E-state index in [1.807, 2.05) is 18.2 Å². The second kappa shape index (κ2) is 26.5. The second-order valence-corrected chi connectivity index (χ2v) is 24.3. The molecule has 0 aliphatic rings. The molecule has 0 aliphatic carbocycles. The van der Waals surface area contributed by atoms with E-state index >= 15 is 0 Å². The molecule has 18 rings (SSSR count). The molecule has 0 aliphatic heterocycles. The molecule has 1 N–H and O–H groups in total. The fourth-order valence-electron chi connectivity index (χ4n) is 14.0. The average molecular weight is 1480 g/mol. The quantitative estimate of drug-likeness (QED) is 0.102. The molecular weight excluding hydrogens is 1430 g/mol. The second-order valence-electron chi connectivity index (χ2n) is 24.3. The molecule has 0 spiro atoms. The number of aromatic nitrogens is 6. The van der Waals surface area contributed by atoms with Gasteiger partial charge in [0.15, 0.2) is 11.4 Å². The van der Waals surface area contributed by atoms with Crippen LogP contribution in [0.3, 0.4) is 0 Å². The van der Waals surface area contributed by atoms with Crippen molar-refractivity contribution in [2.24, 2.45) is 0 Å². The normalized spacial score (nSPS) is 11.4. The standard InChI is InChI=1S/C75H51N5O5.C11H6F2N.Ir/c81-75(82)74-73(34-17-35-76-74)85-47-50-40-55(83-45-48-36-51(77-65-26-9-1-18-57(65)58-19-2-10-27-66(58)77)42-52(37-48)78-67-28-11-3-20-59(67)60-21-4-12-29-68(60)78)44-56(41-50)84-46-49-38-53(79-69-30-13-5-22-61(69)62-23-6-14-31-70(62)79)43-54(39-49)80-71-32-15-7-24-63(71)64-25-8-16-33-72(64)80;12-8-4-5-9(10(13)7-8)11-3-1-2-6-14-11;/h1-44H,45-47H2,(H,81,82);1-4,6-7H;/q;-1;. The third-order valence-corrected chi connectivity index (χ3v) is 18.2. The number of hydrogen-bond donors (Lipinski definition) is 1. The van der Waals surface area contributed by atoms with Gasteiger partial charge < -0.3 is 42.6 Å². The number of carboxylic acid groups (broad SMARTS) is 1. The van der Waals surface area contributed by atoms with Crippen LogP contribution in [-0.4, -0.2) is 39.3 Å². The van der Waals surface area contributed by atoms with Crippen molar-refractivity contribution in [3.8, 4) is 51.3 Å². The number of rotatable bonds is 15. The van der Waals surface area contributed by atoms with Crippen molar-refractivity contribution >= 4 is 93.2 Å². The Labute approximate surface area is 585 Å². The Morgan fingerprint density at radius 2 is 0.700 bits per heavy atom. The molecule has 6 aromatic heterocycles. The summed E-state index contributed by atoms with van der Waals surface area (Å²) in [5, 5.41) is 19.4. The van der Waals surface area contributed by atoms with Gasteiger partial charge in [-0.05, 0) is 138 Å². The number of hydrogen-bond acceptors (Lipinski definition) is 6. The van der Waals surface area contributed by atoms with E-state index in [9.17, 15) is 18.7 Å². The van der Waals surface area contributed by atoms with E-state index < -0.39 is 17.6 Å². The van der Waals surface area contributed by atoms with Gasteiger partial charge in [-0.2, -0.15) is 0 Å². The fraction of sp³-hybridized carbons (Fsp3) is 0.0349. The zero-order valence-electron chi connectivity index (χ0n) is 53.3. The number of aromatic carboxylic acids is 1. The number of para-hydroxylation sites is 8. The van der Waals surface area contributed by atoms with Crippen LogP contribution in [0.4, 0.5) is 8.78 Å². The molecule has 0 amide bonds. The van der Waals surface area contributed by atoms with E-state index in [0.29, 0.717) is 22.8 Å². The first-order chi connectivity index (χ1) is 48.7. The van der Waals surface area contributed by atoms with Crippen molar-refractivity contribution in [1.29, 1.82) is 0 Å². The number of carboxylic acids is 1. The Bertz CT molecular complexity index is 5400. The molecule has 11 nitrogen and oxygen atoms in total. The van der Waals surface area contributed by atoms with Crippen molar-refractivity contribution < 1.29 is 53.0 Å². The van der Waals surface area contributed by atoms with Gasteiger partial charge in [-0.15, -0.1) is 12.1 Å². The molecule has 12 aromatic carbocycles. The van der Waals surface area contributed by atoms with Crippen LogP contribution < -0.4 is 14.2 Å². The molecule has 0 fully saturated rings. The largest absolute Gasteiger partial charge is 0.489 e. The zero-order valence-corrected chi connectivity index (χ0v) is 55.7. The molecule has 485 valence electrons. The SMILES string of the molecule is Fc1c[c-]c(-c2ccccn2)c(F)c1.O=C(O)c1ncccc1OCc1cc(OCc2cc(-n3c4ccccc4c4ccccc43)cc(-n3c4ccccc4c4ccccc43)c2)cc(OCc2cc(-n3c4ccccc4c4ccccc43)cc(-n3c4ccccc4c4ccccc43)c2)c1.[Ir]. The molecule has 14 heteroatoms. The molecule has 0 bridgehead atoms. The van der Waals surface area contributed by atoms with Gasteiger partial charge in [0, 0.05) is 116 Å². The number of nitrogens with zero attached hydrogens (tertiary/aromatic N) is 6. The summed E-state index contributed by atoms with van der Waals surface area (Å²) >= 11 is 0. The Morgan fingerprint density at radius 1 is 0.370 bits per heavy atom. The summed E-state index contributed by atoms with van der Waals surface area (Å²) < 4.78 is 55.4. The Kier molecular flexibility index (Phi) is 16.5. The third-order valence-electron chi connectivity index (χ3n) is 18.2. The minimum absolute atomic E-state index is 0. The van der Waals surface area contributed by atoms with Crippen molar-refractivity contribution in [3.05, 3.63) is 344 Å². The number of pyridine rings is 2. The maximum absolute atomic E-state index is 13.2. The Hall–Kier alpha value is -12.5. The molecule has 0 saturated carbocycles. The van der Waals surface area contributed by atoms with E-state index in [1.165, 1.54) is 49.3 Å². The van der Waals surface area contributed by atoms with E-state index in [4.69, 9.17) is 14.2 Å². The van der Waals surface area contributed by atoms with Crippen molar-refractivity contribution in [1.82, 2.24) is 28.2 Å². The molecule has 0 saturated heterocycles. The maximum atomic E-state index is 13.2. The first kappa shape index (κ1) is 62.3. The summed E-state index contributed by atoms with van der Waals surface area (Å²) in [7, 11) is 0. The maximum Gasteiger partial charge on any atom is 0.358 e. The number of carbonyl (C=O) groups is 1. The van der Waals surface area contributed by atoms with Gasteiger partial charge >= 0.3 is 5.97 Å². The van der Waals surface area contributed by atoms with Crippen LogP contribution >= 0.6 is 0 Å². The number of benzene rings is 12.